The van der Waals surface area contributed by atoms with Gasteiger partial charge in [-0.05, 0) is 57.6 Å². The molecular formula is C33H41F2NO5. The fourth-order valence-corrected chi connectivity index (χ4v) is 5.69. The summed E-state index contributed by atoms with van der Waals surface area (Å²) in [5, 5.41) is 21.7. The quantitative estimate of drug-likeness (QED) is 0.258. The fourth-order valence-electron chi connectivity index (χ4n) is 5.69. The monoisotopic (exact) mass is 569 g/mol. The van der Waals surface area contributed by atoms with Crippen molar-refractivity contribution in [2.45, 2.75) is 79.4 Å². The van der Waals surface area contributed by atoms with E-state index in [-0.39, 0.29) is 30.2 Å². The third-order valence-corrected chi connectivity index (χ3v) is 7.72. The number of hydrogen-bond donors (Lipinski definition) is 2. The van der Waals surface area contributed by atoms with Gasteiger partial charge in [0.15, 0.2) is 11.6 Å². The van der Waals surface area contributed by atoms with Gasteiger partial charge in [-0.25, -0.2) is 13.8 Å². The van der Waals surface area contributed by atoms with Crippen molar-refractivity contribution >= 4 is 5.97 Å². The highest BCUT2D eigenvalue weighted by atomic mass is 19.1. The van der Waals surface area contributed by atoms with E-state index in [1.807, 2.05) is 48.5 Å². The number of aliphatic hydroxyl groups is 1. The zero-order valence-corrected chi connectivity index (χ0v) is 25.1. The highest BCUT2D eigenvalue weighted by molar-refractivity contribution is 5.71. The van der Waals surface area contributed by atoms with Gasteiger partial charge in [0.25, 0.3) is 0 Å². The topological polar surface area (TPSA) is 88.9 Å². The molecule has 41 heavy (non-hydrogen) atoms. The van der Waals surface area contributed by atoms with Crippen LogP contribution in [0.2, 0.25) is 0 Å². The molecule has 0 bridgehead atoms. The van der Waals surface area contributed by atoms with Crippen LogP contribution in [-0.2, 0) is 17.0 Å². The molecule has 0 saturated carbocycles. The Labute approximate surface area is 241 Å². The number of pyridine rings is 1. The molecule has 1 heterocycles. The Morgan fingerprint density at radius 3 is 2.22 bits per heavy atom. The number of halogens is 2. The van der Waals surface area contributed by atoms with Crippen LogP contribution in [0.1, 0.15) is 83.9 Å². The highest BCUT2D eigenvalue weighted by Gasteiger charge is 2.51. The van der Waals surface area contributed by atoms with Gasteiger partial charge < -0.3 is 19.7 Å². The van der Waals surface area contributed by atoms with Crippen molar-refractivity contribution in [1.29, 1.82) is 0 Å². The molecule has 0 unspecified atom stereocenters. The number of nitrogens with zero attached hydrogens (tertiary/aromatic N) is 1. The summed E-state index contributed by atoms with van der Waals surface area (Å²) < 4.78 is 41.7. The van der Waals surface area contributed by atoms with E-state index in [2.05, 4.69) is 4.98 Å². The van der Waals surface area contributed by atoms with E-state index < -0.39 is 40.0 Å². The molecule has 0 spiro atoms. The van der Waals surface area contributed by atoms with Gasteiger partial charge in [-0.3, -0.25) is 4.79 Å². The normalized spacial score (nSPS) is 13.1. The van der Waals surface area contributed by atoms with Gasteiger partial charge in [-0.1, -0.05) is 72.7 Å². The number of carbonyl (C=O) groups is 1. The average Bonchev–Trinajstić information content (AvgIpc) is 2.89. The summed E-state index contributed by atoms with van der Waals surface area (Å²) in [6.45, 7) is 13.3. The second kappa shape index (κ2) is 12.1. The Morgan fingerprint density at radius 2 is 1.66 bits per heavy atom. The predicted molar refractivity (Wildman–Crippen MR) is 155 cm³/mol. The first-order valence-corrected chi connectivity index (χ1v) is 13.7. The van der Waals surface area contributed by atoms with Crippen LogP contribution in [0, 0.1) is 22.5 Å². The summed E-state index contributed by atoms with van der Waals surface area (Å²) >= 11 is 0. The molecule has 0 aliphatic heterocycles. The molecule has 0 aliphatic rings. The molecule has 1 aromatic heterocycles. The summed E-state index contributed by atoms with van der Waals surface area (Å²) in [5.74, 6) is -2.40. The molecule has 1 atom stereocenters. The number of benzene rings is 2. The smallest absolute Gasteiger partial charge is 0.303 e. The SMILES string of the molecule is CC[C@@H](CC(=O)O)c1cccc(OCc2ccc(-c3cc(OC)ncc3F)c(C(O)(C(C)(C)C)C(C)(C)C)c2)c1F. The van der Waals surface area contributed by atoms with Crippen LogP contribution in [0.5, 0.6) is 11.6 Å². The summed E-state index contributed by atoms with van der Waals surface area (Å²) in [6, 6.07) is 11.5. The third-order valence-electron chi connectivity index (χ3n) is 7.72. The lowest BCUT2D eigenvalue weighted by atomic mass is 9.58. The van der Waals surface area contributed by atoms with E-state index in [9.17, 15) is 15.0 Å². The minimum Gasteiger partial charge on any atom is -0.486 e. The average molecular weight is 570 g/mol. The van der Waals surface area contributed by atoms with Crippen molar-refractivity contribution in [1.82, 2.24) is 4.98 Å². The van der Waals surface area contributed by atoms with Crippen molar-refractivity contribution in [2.75, 3.05) is 7.11 Å². The minimum absolute atomic E-state index is 0.00350. The predicted octanol–water partition coefficient (Wildman–Crippen LogP) is 7.86. The first-order valence-electron chi connectivity index (χ1n) is 13.7. The summed E-state index contributed by atoms with van der Waals surface area (Å²) in [7, 11) is 1.45. The Morgan fingerprint density at radius 1 is 1.00 bits per heavy atom. The molecule has 2 N–H and O–H groups in total. The zero-order valence-electron chi connectivity index (χ0n) is 25.1. The molecule has 3 rings (SSSR count). The van der Waals surface area contributed by atoms with Crippen molar-refractivity contribution in [3.05, 3.63) is 77.0 Å². The van der Waals surface area contributed by atoms with Crippen molar-refractivity contribution in [3.8, 4) is 22.8 Å². The van der Waals surface area contributed by atoms with Gasteiger partial charge in [0.05, 0.1) is 25.3 Å². The molecule has 0 amide bonds. The van der Waals surface area contributed by atoms with E-state index in [4.69, 9.17) is 9.47 Å². The molecule has 0 radical (unpaired) electrons. The van der Waals surface area contributed by atoms with Crippen LogP contribution in [-0.4, -0.2) is 28.3 Å². The second-order valence-corrected chi connectivity index (χ2v) is 12.4. The molecule has 6 nitrogen and oxygen atoms in total. The van der Waals surface area contributed by atoms with Crippen LogP contribution < -0.4 is 9.47 Å². The van der Waals surface area contributed by atoms with Gasteiger partial charge >= 0.3 is 5.97 Å². The lowest BCUT2D eigenvalue weighted by Gasteiger charge is -2.51. The van der Waals surface area contributed by atoms with Crippen LogP contribution in [0.4, 0.5) is 8.78 Å². The van der Waals surface area contributed by atoms with Crippen LogP contribution in [0.15, 0.2) is 48.7 Å². The number of hydrogen-bond acceptors (Lipinski definition) is 5. The Bertz CT molecular complexity index is 1380. The molecule has 8 heteroatoms. The molecule has 0 saturated heterocycles. The minimum atomic E-state index is -1.44. The fraction of sp³-hybridized carbons (Fsp3) is 0.455. The van der Waals surface area contributed by atoms with E-state index in [1.165, 1.54) is 19.2 Å². The Kier molecular flexibility index (Phi) is 9.48. The van der Waals surface area contributed by atoms with Crippen LogP contribution >= 0.6 is 0 Å². The summed E-state index contributed by atoms with van der Waals surface area (Å²) in [6.07, 6.45) is 1.37. The molecular weight excluding hydrogens is 528 g/mol. The highest BCUT2D eigenvalue weighted by Crippen LogP contribution is 2.54. The number of aromatic nitrogens is 1. The largest absolute Gasteiger partial charge is 0.486 e. The van der Waals surface area contributed by atoms with Gasteiger partial charge in [-0.2, -0.15) is 0 Å². The maximum absolute atomic E-state index is 15.4. The third kappa shape index (κ3) is 6.53. The van der Waals surface area contributed by atoms with E-state index in [0.29, 0.717) is 28.7 Å². The first-order chi connectivity index (χ1) is 19.0. The maximum atomic E-state index is 15.4. The molecule has 2 aromatic carbocycles. The van der Waals surface area contributed by atoms with Crippen LogP contribution in [0.3, 0.4) is 0 Å². The van der Waals surface area contributed by atoms with Crippen molar-refractivity contribution in [3.63, 3.8) is 0 Å². The zero-order chi connectivity index (χ0) is 30.8. The summed E-state index contributed by atoms with van der Waals surface area (Å²) in [4.78, 5) is 15.2. The maximum Gasteiger partial charge on any atom is 0.303 e. The molecule has 222 valence electrons. The summed E-state index contributed by atoms with van der Waals surface area (Å²) in [5.41, 5.74) is -0.655. The number of methoxy groups -OCH3 is 1. The number of carboxylic acid groups (broad SMARTS) is 1. The lowest BCUT2D eigenvalue weighted by Crippen LogP contribution is -2.50. The number of carboxylic acids is 1. The Hall–Kier alpha value is -3.52. The first kappa shape index (κ1) is 32.0. The van der Waals surface area contributed by atoms with E-state index >= 15 is 8.78 Å². The lowest BCUT2D eigenvalue weighted by molar-refractivity contribution is -0.144. The molecule has 0 aliphatic carbocycles. The van der Waals surface area contributed by atoms with Gasteiger partial charge in [0, 0.05) is 11.6 Å². The molecule has 3 aromatic rings. The Balaban J connectivity index is 2.13. The van der Waals surface area contributed by atoms with Crippen LogP contribution in [0.25, 0.3) is 11.1 Å². The van der Waals surface area contributed by atoms with Gasteiger partial charge in [-0.15, -0.1) is 0 Å². The number of rotatable bonds is 10. The molecule has 0 fully saturated rings. The number of aliphatic carboxylic acids is 1. The van der Waals surface area contributed by atoms with Gasteiger partial charge in [0.1, 0.15) is 12.4 Å². The van der Waals surface area contributed by atoms with E-state index in [1.54, 1.807) is 30.3 Å². The standard InChI is InChI=1S/C33H41F2NO5/c1-9-21(16-29(37)38)22-11-10-12-27(30(22)35)41-19-20-13-14-23(24-17-28(40-8)36-18-26(24)34)25(15-20)33(39,31(2,3)4)32(5,6)7/h10-15,17-18,21,39H,9,16,19H2,1-8H3,(H,37,38)/t21-/m0/s1. The van der Waals surface area contributed by atoms with Gasteiger partial charge in [0.2, 0.25) is 5.88 Å². The van der Waals surface area contributed by atoms with Crippen molar-refractivity contribution in [2.24, 2.45) is 10.8 Å². The van der Waals surface area contributed by atoms with E-state index in [0.717, 1.165) is 6.20 Å². The van der Waals surface area contributed by atoms with Crippen molar-refractivity contribution < 1.29 is 33.3 Å². The second-order valence-electron chi connectivity index (χ2n) is 12.4. The number of ether oxygens (including phenoxy) is 2.